The lowest BCUT2D eigenvalue weighted by atomic mass is 10.6. The Hall–Kier alpha value is -4.96. The average molecular weight is 579 g/mol. The van der Waals surface area contributed by atoms with Crippen LogP contribution in [0, 0.1) is 43.3 Å². The summed E-state index contributed by atoms with van der Waals surface area (Å²) in [6.45, 7) is 8.25. The molecule has 0 rings (SSSR count). The minimum absolute atomic E-state index is 0. The molecule has 0 aliphatic heterocycles. The molecule has 0 spiro atoms. The van der Waals surface area contributed by atoms with Gasteiger partial charge >= 0.3 is 0 Å². The third-order valence-electron chi connectivity index (χ3n) is 0. The average Bonchev–Trinajstić information content (AvgIpc) is 2.62. The summed E-state index contributed by atoms with van der Waals surface area (Å²) in [6, 6.07) is 0. The highest BCUT2D eigenvalue weighted by Gasteiger charge is 1.35. The van der Waals surface area contributed by atoms with Crippen LogP contribution >= 0.6 is 0 Å². The summed E-state index contributed by atoms with van der Waals surface area (Å²) in [7, 11) is 0. The topological polar surface area (TPSA) is 327 Å². The molecule has 0 atom stereocenters. The van der Waals surface area contributed by atoms with Crippen molar-refractivity contribution in [2.75, 3.05) is 0 Å². The number of nitrogens with one attached hydrogen (secondary N) is 8. The molecule has 242 valence electrons. The van der Waals surface area contributed by atoms with E-state index in [1.807, 2.05) is 13.8 Å². The molecule has 0 radical (unpaired) electrons. The molecular formula is C23H62N8O8. The summed E-state index contributed by atoms with van der Waals surface area (Å²) in [6.07, 6.45) is 7.25. The molecule has 0 amide bonds. The van der Waals surface area contributed by atoms with Gasteiger partial charge in [-0.25, -0.2) is 81.6 Å². The third-order valence-corrected chi connectivity index (χ3v) is 0. The molecule has 39 heavy (non-hydrogen) atoms. The standard InChI is InChI=1S/C3H8.C2H6.8CHNO.10CH4/c1-3-2;1-2;8*2-1-3;;;;;;;;;;/h3H2,1-2H3;1-2H3;8*2H;10*1H4. The summed E-state index contributed by atoms with van der Waals surface area (Å²) in [5.41, 5.74) is 0. The van der Waals surface area contributed by atoms with Crippen molar-refractivity contribution in [1.29, 1.82) is 43.3 Å². The molecule has 0 saturated carbocycles. The second-order valence-electron chi connectivity index (χ2n) is 1.52. The van der Waals surface area contributed by atoms with Gasteiger partial charge in [-0.15, -0.1) is 0 Å². The Labute approximate surface area is 239 Å². The molecule has 16 heteroatoms. The van der Waals surface area contributed by atoms with Gasteiger partial charge in [-0.05, 0) is 0 Å². The van der Waals surface area contributed by atoms with Gasteiger partial charge in [0.25, 0.3) is 0 Å². The Morgan fingerprint density at radius 2 is 0.308 bits per heavy atom. The molecule has 0 aliphatic carbocycles. The molecular weight excluding hydrogens is 516 g/mol. The van der Waals surface area contributed by atoms with E-state index >= 15 is 0 Å². The van der Waals surface area contributed by atoms with Crippen LogP contribution in [0.3, 0.4) is 0 Å². The van der Waals surface area contributed by atoms with Gasteiger partial charge in [0.15, 0.2) is 0 Å². The minimum Gasteiger partial charge on any atom is -0.222 e. The van der Waals surface area contributed by atoms with E-state index in [9.17, 15) is 0 Å². The molecule has 0 fully saturated rings. The van der Waals surface area contributed by atoms with Crippen molar-refractivity contribution in [3.05, 3.63) is 0 Å². The molecule has 0 unspecified atom stereocenters. The summed E-state index contributed by atoms with van der Waals surface area (Å²) >= 11 is 0. The van der Waals surface area contributed by atoms with Crippen LogP contribution in [0.1, 0.15) is 108 Å². The van der Waals surface area contributed by atoms with Gasteiger partial charge in [-0.2, -0.15) is 0 Å². The van der Waals surface area contributed by atoms with Crippen LogP contribution in [0.2, 0.25) is 0 Å². The van der Waals surface area contributed by atoms with Crippen LogP contribution in [0.5, 0.6) is 0 Å². The Morgan fingerprint density at radius 1 is 0.308 bits per heavy atom. The van der Waals surface area contributed by atoms with Gasteiger partial charge in [0.1, 0.15) is 0 Å². The highest BCUT2D eigenvalue weighted by molar-refractivity contribution is 5.27. The van der Waals surface area contributed by atoms with Crippen LogP contribution in [0.4, 0.5) is 0 Å². The molecule has 0 heterocycles. The van der Waals surface area contributed by atoms with E-state index in [0.717, 1.165) is 48.6 Å². The van der Waals surface area contributed by atoms with E-state index in [2.05, 4.69) is 13.8 Å². The summed E-state index contributed by atoms with van der Waals surface area (Å²) < 4.78 is 0. The maximum absolute atomic E-state index is 8.35. The largest absolute Gasteiger partial charge is 0.231 e. The van der Waals surface area contributed by atoms with Crippen molar-refractivity contribution in [3.63, 3.8) is 0 Å². The van der Waals surface area contributed by atoms with Crippen LogP contribution in [-0.2, 0) is 38.4 Å². The molecule has 0 aromatic heterocycles. The molecule has 0 bridgehead atoms. The van der Waals surface area contributed by atoms with E-state index in [1.165, 1.54) is 6.42 Å². The predicted octanol–water partition coefficient (Wildman–Crippen LogP) is 8.01. The van der Waals surface area contributed by atoms with Gasteiger partial charge in [0.2, 0.25) is 48.6 Å². The zero-order valence-corrected chi connectivity index (χ0v) is 16.0. The Kier molecular flexibility index (Phi) is 10000. The van der Waals surface area contributed by atoms with E-state index in [4.69, 9.17) is 81.6 Å². The smallest absolute Gasteiger partial charge is 0.222 e. The van der Waals surface area contributed by atoms with E-state index in [1.54, 1.807) is 0 Å². The Bertz CT molecular complexity index is 380. The zero-order chi connectivity index (χ0) is 26.4. The number of rotatable bonds is 0. The van der Waals surface area contributed by atoms with Gasteiger partial charge in [-0.3, -0.25) is 0 Å². The summed E-state index contributed by atoms with van der Waals surface area (Å²) in [5, 5.41) is 43.2. The predicted molar refractivity (Wildman–Crippen MR) is 162 cm³/mol. The fraction of sp³-hybridized carbons (Fsp3) is 0.652. The number of isocyanates is 8. The first kappa shape index (κ1) is 189. The van der Waals surface area contributed by atoms with Crippen LogP contribution in [0.15, 0.2) is 0 Å². The lowest BCUT2D eigenvalue weighted by molar-refractivity contribution is 0.562. The van der Waals surface area contributed by atoms with Crippen molar-refractivity contribution in [2.45, 2.75) is 108 Å². The normalized spacial score (nSPS) is 2.26. The SMILES string of the molecule is C.C.C.C.C.C.C.C.C.C.CC.CCC.N=C=O.N=C=O.N=C=O.N=C=O.N=C=O.N=C=O.N=C=O.N=C=O. The summed E-state index contributed by atoms with van der Waals surface area (Å²) in [4.78, 5) is 66.8. The van der Waals surface area contributed by atoms with Crippen molar-refractivity contribution in [3.8, 4) is 0 Å². The second-order valence-corrected chi connectivity index (χ2v) is 1.52. The fourth-order valence-corrected chi connectivity index (χ4v) is 0. The van der Waals surface area contributed by atoms with Gasteiger partial charge in [0.05, 0.1) is 0 Å². The molecule has 0 saturated heterocycles. The molecule has 8 N–H and O–H groups in total. The van der Waals surface area contributed by atoms with Crippen LogP contribution in [0.25, 0.3) is 0 Å². The van der Waals surface area contributed by atoms with Gasteiger partial charge < -0.3 is 0 Å². The fourth-order valence-electron chi connectivity index (χ4n) is 0. The lowest BCUT2D eigenvalue weighted by Crippen LogP contribution is -1.27. The van der Waals surface area contributed by atoms with E-state index < -0.39 is 0 Å². The Morgan fingerprint density at radius 3 is 0.308 bits per heavy atom. The number of carbonyl (C=O) groups excluding carboxylic acids is 8. The van der Waals surface area contributed by atoms with Crippen molar-refractivity contribution >= 4 is 48.6 Å². The second kappa shape index (κ2) is 2080. The van der Waals surface area contributed by atoms with Gasteiger partial charge in [0, 0.05) is 0 Å². The third kappa shape index (κ3) is 1290. The highest BCUT2D eigenvalue weighted by atomic mass is 16.1. The molecule has 0 aromatic rings. The molecule has 0 aromatic carbocycles. The Balaban J connectivity index is -0.00000000556. The first-order valence-electron chi connectivity index (χ1n) is 6.05. The first-order chi connectivity index (χ1) is 13.7. The quantitative estimate of drug-likeness (QED) is 0.102. The van der Waals surface area contributed by atoms with Crippen molar-refractivity contribution in [1.82, 2.24) is 0 Å². The van der Waals surface area contributed by atoms with Crippen molar-refractivity contribution in [2.24, 2.45) is 0 Å². The minimum atomic E-state index is 0. The van der Waals surface area contributed by atoms with E-state index in [-0.39, 0.29) is 74.3 Å². The molecule has 16 nitrogen and oxygen atoms in total. The highest BCUT2D eigenvalue weighted by Crippen LogP contribution is 1.56. The number of hydrogen-bond acceptors (Lipinski definition) is 16. The zero-order valence-electron chi connectivity index (χ0n) is 16.0. The lowest BCUT2D eigenvalue weighted by Gasteiger charge is -1.48. The van der Waals surface area contributed by atoms with Crippen LogP contribution < -0.4 is 0 Å². The van der Waals surface area contributed by atoms with E-state index in [0.29, 0.717) is 0 Å². The van der Waals surface area contributed by atoms with Crippen molar-refractivity contribution < 1.29 is 38.4 Å². The maximum Gasteiger partial charge on any atom is 0.231 e. The first-order valence-corrected chi connectivity index (χ1v) is 6.05. The monoisotopic (exact) mass is 578 g/mol. The van der Waals surface area contributed by atoms with Crippen LogP contribution in [-0.4, -0.2) is 48.6 Å². The van der Waals surface area contributed by atoms with Gasteiger partial charge in [-0.1, -0.05) is 108 Å². The summed E-state index contributed by atoms with van der Waals surface area (Å²) in [5.74, 6) is 0. The number of hydrogen-bond donors (Lipinski definition) is 8. The molecule has 0 aliphatic rings. The maximum atomic E-state index is 8.35.